The highest BCUT2D eigenvalue weighted by Crippen LogP contribution is 2.15. The number of methoxy groups -OCH3 is 1. The molecule has 0 spiro atoms. The van der Waals surface area contributed by atoms with Gasteiger partial charge < -0.3 is 14.6 Å². The minimum Gasteiger partial charge on any atom is -0.480 e. The molecule has 0 radical (unpaired) electrons. The number of hydrogen-bond acceptors (Lipinski definition) is 6. The maximum atomic E-state index is 11.6. The summed E-state index contributed by atoms with van der Waals surface area (Å²) < 4.78 is 9.45. The fourth-order valence-electron chi connectivity index (χ4n) is 2.15. The third-order valence-corrected chi connectivity index (χ3v) is 3.01. The van der Waals surface area contributed by atoms with E-state index >= 15 is 0 Å². The third kappa shape index (κ3) is 4.69. The van der Waals surface area contributed by atoms with Gasteiger partial charge in [0, 0.05) is 12.6 Å². The molecular weight excluding hydrogens is 268 g/mol. The van der Waals surface area contributed by atoms with E-state index in [1.807, 2.05) is 0 Å². The lowest BCUT2D eigenvalue weighted by Crippen LogP contribution is -2.46. The summed E-state index contributed by atoms with van der Waals surface area (Å²) in [7, 11) is 1.20. The Labute approximate surface area is 117 Å². The summed E-state index contributed by atoms with van der Waals surface area (Å²) in [5.41, 5.74) is 0. The van der Waals surface area contributed by atoms with E-state index in [4.69, 9.17) is 9.84 Å². The largest absolute Gasteiger partial charge is 0.480 e. The van der Waals surface area contributed by atoms with E-state index in [0.29, 0.717) is 19.4 Å². The lowest BCUT2D eigenvalue weighted by Gasteiger charge is -2.23. The van der Waals surface area contributed by atoms with Crippen LogP contribution in [0, 0.1) is 0 Å². The molecule has 20 heavy (non-hydrogen) atoms. The van der Waals surface area contributed by atoms with Gasteiger partial charge in [-0.3, -0.25) is 19.8 Å². The van der Waals surface area contributed by atoms with Crippen LogP contribution in [0.5, 0.6) is 0 Å². The van der Waals surface area contributed by atoms with Crippen molar-refractivity contribution in [3.05, 3.63) is 0 Å². The van der Waals surface area contributed by atoms with Crippen LogP contribution in [0.15, 0.2) is 0 Å². The number of esters is 1. The van der Waals surface area contributed by atoms with Crippen molar-refractivity contribution in [3.8, 4) is 0 Å². The number of carbonyl (C=O) groups is 3. The maximum absolute atomic E-state index is 11.6. The number of aliphatic carboxylic acids is 1. The molecular formula is C12H20N2O6. The SMILES string of the molecule is CCOC(=O)[C@@H]1CC[C@@H](CN(CC(=O)O)C(=O)OC)N1. The standard InChI is InChI=1S/C12H20N2O6/c1-3-20-11(17)9-5-4-8(13-9)6-14(7-10(15)16)12(18)19-2/h8-9,13H,3-7H2,1-2H3,(H,15,16)/t8-,9-/m0/s1. The smallest absolute Gasteiger partial charge is 0.410 e. The number of carboxylic acids is 1. The highest BCUT2D eigenvalue weighted by molar-refractivity contribution is 5.77. The summed E-state index contributed by atoms with van der Waals surface area (Å²) >= 11 is 0. The first-order valence-electron chi connectivity index (χ1n) is 6.45. The maximum Gasteiger partial charge on any atom is 0.410 e. The van der Waals surface area contributed by atoms with Gasteiger partial charge in [-0.1, -0.05) is 0 Å². The van der Waals surface area contributed by atoms with E-state index in [-0.39, 0.29) is 18.6 Å². The normalized spacial score (nSPS) is 21.3. The summed E-state index contributed by atoms with van der Waals surface area (Å²) in [5, 5.41) is 11.8. The molecule has 1 fully saturated rings. The molecule has 0 aromatic heterocycles. The first-order chi connectivity index (χ1) is 9.47. The van der Waals surface area contributed by atoms with Gasteiger partial charge in [0.2, 0.25) is 0 Å². The molecule has 8 nitrogen and oxygen atoms in total. The number of carboxylic acid groups (broad SMARTS) is 1. The molecule has 0 aromatic carbocycles. The Kier molecular flexibility index (Phi) is 6.23. The second kappa shape index (κ2) is 7.68. The summed E-state index contributed by atoms with van der Waals surface area (Å²) in [6, 6.07) is -0.549. The molecule has 1 saturated heterocycles. The Morgan fingerprint density at radius 2 is 2.05 bits per heavy atom. The second-order valence-electron chi connectivity index (χ2n) is 4.49. The molecule has 1 aliphatic rings. The van der Waals surface area contributed by atoms with Gasteiger partial charge in [0.25, 0.3) is 0 Å². The first kappa shape index (κ1) is 16.2. The van der Waals surface area contributed by atoms with E-state index in [0.717, 1.165) is 4.90 Å². The van der Waals surface area contributed by atoms with E-state index < -0.39 is 24.6 Å². The summed E-state index contributed by atoms with van der Waals surface area (Å²) in [4.78, 5) is 34.8. The number of hydrogen-bond donors (Lipinski definition) is 2. The van der Waals surface area contributed by atoms with Crippen LogP contribution in [0.3, 0.4) is 0 Å². The quantitative estimate of drug-likeness (QED) is 0.653. The summed E-state index contributed by atoms with van der Waals surface area (Å²) in [6.07, 6.45) is 0.566. The van der Waals surface area contributed by atoms with Crippen molar-refractivity contribution in [2.75, 3.05) is 26.8 Å². The zero-order chi connectivity index (χ0) is 15.1. The molecule has 2 atom stereocenters. The molecule has 114 valence electrons. The van der Waals surface area contributed by atoms with Crippen LogP contribution in [-0.4, -0.2) is 66.9 Å². The molecule has 8 heteroatoms. The third-order valence-electron chi connectivity index (χ3n) is 3.01. The minimum absolute atomic E-state index is 0.150. The Morgan fingerprint density at radius 1 is 1.35 bits per heavy atom. The van der Waals surface area contributed by atoms with E-state index in [9.17, 15) is 14.4 Å². The van der Waals surface area contributed by atoms with Gasteiger partial charge in [0.05, 0.1) is 13.7 Å². The Balaban J connectivity index is 2.52. The fourth-order valence-corrected chi connectivity index (χ4v) is 2.15. The van der Waals surface area contributed by atoms with E-state index in [1.54, 1.807) is 6.92 Å². The van der Waals surface area contributed by atoms with Crippen molar-refractivity contribution in [3.63, 3.8) is 0 Å². The van der Waals surface area contributed by atoms with Gasteiger partial charge in [-0.15, -0.1) is 0 Å². The molecule has 1 amide bonds. The van der Waals surface area contributed by atoms with Crippen LogP contribution in [0.4, 0.5) is 4.79 Å². The van der Waals surface area contributed by atoms with Crippen LogP contribution < -0.4 is 5.32 Å². The number of nitrogens with zero attached hydrogens (tertiary/aromatic N) is 1. The zero-order valence-electron chi connectivity index (χ0n) is 11.6. The predicted octanol–water partition coefficient (Wildman–Crippen LogP) is -0.177. The lowest BCUT2D eigenvalue weighted by molar-refractivity contribution is -0.145. The fraction of sp³-hybridized carbons (Fsp3) is 0.750. The van der Waals surface area contributed by atoms with Gasteiger partial charge in [0.1, 0.15) is 12.6 Å². The average molecular weight is 288 g/mol. The van der Waals surface area contributed by atoms with Crippen molar-refractivity contribution in [2.45, 2.75) is 31.8 Å². The number of ether oxygens (including phenoxy) is 2. The van der Waals surface area contributed by atoms with E-state index in [1.165, 1.54) is 7.11 Å². The lowest BCUT2D eigenvalue weighted by atomic mass is 10.2. The first-order valence-corrected chi connectivity index (χ1v) is 6.45. The van der Waals surface area contributed by atoms with Gasteiger partial charge >= 0.3 is 18.0 Å². The zero-order valence-corrected chi connectivity index (χ0v) is 11.6. The molecule has 2 N–H and O–H groups in total. The molecule has 0 aliphatic carbocycles. The van der Waals surface area contributed by atoms with E-state index in [2.05, 4.69) is 10.1 Å². The summed E-state index contributed by atoms with van der Waals surface area (Å²) in [5.74, 6) is -1.44. The Morgan fingerprint density at radius 3 is 2.60 bits per heavy atom. The van der Waals surface area contributed by atoms with Crippen molar-refractivity contribution in [1.82, 2.24) is 10.2 Å². The topological polar surface area (TPSA) is 105 Å². The average Bonchev–Trinajstić information content (AvgIpc) is 2.85. The molecule has 1 aliphatic heterocycles. The highest BCUT2D eigenvalue weighted by atomic mass is 16.5. The molecule has 1 heterocycles. The van der Waals surface area contributed by atoms with Crippen LogP contribution in [-0.2, 0) is 19.1 Å². The van der Waals surface area contributed by atoms with Crippen molar-refractivity contribution in [2.24, 2.45) is 0 Å². The van der Waals surface area contributed by atoms with Crippen LogP contribution in [0.25, 0.3) is 0 Å². The van der Waals surface area contributed by atoms with Crippen molar-refractivity contribution in [1.29, 1.82) is 0 Å². The Bertz CT molecular complexity index is 373. The predicted molar refractivity (Wildman–Crippen MR) is 68.2 cm³/mol. The second-order valence-corrected chi connectivity index (χ2v) is 4.49. The molecule has 0 unspecified atom stereocenters. The number of nitrogens with one attached hydrogen (secondary N) is 1. The van der Waals surface area contributed by atoms with Gasteiger partial charge in [-0.25, -0.2) is 4.79 Å². The number of carbonyl (C=O) groups excluding carboxylic acids is 2. The number of rotatable bonds is 6. The van der Waals surface area contributed by atoms with Crippen LogP contribution in [0.2, 0.25) is 0 Å². The summed E-state index contributed by atoms with van der Waals surface area (Å²) in [6.45, 7) is 1.79. The number of amides is 1. The van der Waals surface area contributed by atoms with Crippen molar-refractivity contribution >= 4 is 18.0 Å². The molecule has 0 bridgehead atoms. The van der Waals surface area contributed by atoms with Crippen molar-refractivity contribution < 1.29 is 29.0 Å². The highest BCUT2D eigenvalue weighted by Gasteiger charge is 2.32. The monoisotopic (exact) mass is 288 g/mol. The van der Waals surface area contributed by atoms with Crippen LogP contribution >= 0.6 is 0 Å². The molecule has 0 saturated carbocycles. The van der Waals surface area contributed by atoms with Gasteiger partial charge in [0.15, 0.2) is 0 Å². The molecule has 1 rings (SSSR count). The Hall–Kier alpha value is -1.83. The van der Waals surface area contributed by atoms with Gasteiger partial charge in [-0.2, -0.15) is 0 Å². The minimum atomic E-state index is -1.12. The van der Waals surface area contributed by atoms with Crippen LogP contribution in [0.1, 0.15) is 19.8 Å². The van der Waals surface area contributed by atoms with Gasteiger partial charge in [-0.05, 0) is 19.8 Å². The molecule has 0 aromatic rings.